The molecular weight excluding hydrogens is 394 g/mol. The molecule has 0 saturated carbocycles. The molecule has 0 radical (unpaired) electrons. The summed E-state index contributed by atoms with van der Waals surface area (Å²) in [6, 6.07) is 7.44. The van der Waals surface area contributed by atoms with Gasteiger partial charge in [-0.05, 0) is 53.0 Å². The molecule has 2 unspecified atom stereocenters. The molecule has 2 N–H and O–H groups in total. The molecule has 0 aliphatic heterocycles. The molecule has 2 atom stereocenters. The topological polar surface area (TPSA) is 87.7 Å². The van der Waals surface area contributed by atoms with Crippen molar-refractivity contribution in [3.63, 3.8) is 0 Å². The summed E-state index contributed by atoms with van der Waals surface area (Å²) in [5.74, 6) is -1.25. The molecule has 7 nitrogen and oxygen atoms in total. The minimum absolute atomic E-state index is 0.143. The van der Waals surface area contributed by atoms with Crippen molar-refractivity contribution < 1.29 is 19.1 Å². The monoisotopic (exact) mass is 429 g/mol. The van der Waals surface area contributed by atoms with Gasteiger partial charge in [0, 0.05) is 12.1 Å². The van der Waals surface area contributed by atoms with Crippen LogP contribution in [0.15, 0.2) is 24.3 Å². The van der Waals surface area contributed by atoms with Crippen LogP contribution in [0.3, 0.4) is 0 Å². The van der Waals surface area contributed by atoms with Gasteiger partial charge in [0.25, 0.3) is 5.91 Å². The van der Waals surface area contributed by atoms with Gasteiger partial charge in [0.1, 0.15) is 17.7 Å². The molecule has 170 valence electrons. The van der Waals surface area contributed by atoms with E-state index in [1.165, 1.54) is 0 Å². The van der Waals surface area contributed by atoms with Crippen molar-refractivity contribution in [1.82, 2.24) is 15.5 Å². The highest BCUT2D eigenvalue weighted by Gasteiger charge is 2.37. The van der Waals surface area contributed by atoms with Crippen LogP contribution in [0.1, 0.15) is 65.6 Å². The first-order valence-corrected chi connectivity index (χ1v) is 10.4. The van der Waals surface area contributed by atoms with Gasteiger partial charge in [-0.2, -0.15) is 0 Å². The van der Waals surface area contributed by atoms with Crippen molar-refractivity contribution in [2.75, 3.05) is 0 Å². The Morgan fingerprint density at radius 2 is 1.58 bits per heavy atom. The minimum Gasteiger partial charge on any atom is -0.444 e. The first kappa shape index (κ1) is 26.0. The number of carbonyl (C=O) groups excluding carboxylic acids is 3. The Morgan fingerprint density at radius 1 is 1.03 bits per heavy atom. The van der Waals surface area contributed by atoms with Gasteiger partial charge in [0.15, 0.2) is 0 Å². The molecule has 0 aliphatic carbocycles. The van der Waals surface area contributed by atoms with Gasteiger partial charge in [-0.1, -0.05) is 50.1 Å². The second kappa shape index (κ2) is 10.9. The lowest BCUT2D eigenvalue weighted by molar-refractivity contribution is -0.139. The number of terminal acetylenes is 1. The molecule has 0 spiro atoms. The summed E-state index contributed by atoms with van der Waals surface area (Å²) in [6.07, 6.45) is 4.99. The highest BCUT2D eigenvalue weighted by Crippen LogP contribution is 2.24. The maximum absolute atomic E-state index is 13.4. The van der Waals surface area contributed by atoms with Crippen LogP contribution in [0.4, 0.5) is 4.79 Å². The summed E-state index contributed by atoms with van der Waals surface area (Å²) in [4.78, 5) is 39.8. The number of amides is 3. The van der Waals surface area contributed by atoms with Crippen LogP contribution in [-0.2, 0) is 14.3 Å². The molecule has 0 heterocycles. The van der Waals surface area contributed by atoms with E-state index < -0.39 is 35.6 Å². The fraction of sp³-hybridized carbons (Fsp3) is 0.542. The number of nitrogens with zero attached hydrogens (tertiary/aromatic N) is 1. The molecule has 3 amide bonds. The van der Waals surface area contributed by atoms with E-state index in [1.807, 2.05) is 32.9 Å². The van der Waals surface area contributed by atoms with Crippen molar-refractivity contribution in [1.29, 1.82) is 0 Å². The Morgan fingerprint density at radius 3 is 2.00 bits per heavy atom. The second-order valence-electron chi connectivity index (χ2n) is 9.18. The lowest BCUT2D eigenvalue weighted by Gasteiger charge is -2.32. The minimum atomic E-state index is -1.04. The van der Waals surface area contributed by atoms with E-state index in [4.69, 9.17) is 11.2 Å². The van der Waals surface area contributed by atoms with Crippen LogP contribution < -0.4 is 10.6 Å². The lowest BCUT2D eigenvalue weighted by Crippen LogP contribution is -2.53. The molecule has 0 aliphatic rings. The van der Waals surface area contributed by atoms with E-state index in [0.29, 0.717) is 5.56 Å². The van der Waals surface area contributed by atoms with E-state index in [2.05, 4.69) is 16.7 Å². The number of rotatable bonds is 7. The standard InChI is InChI=1S/C24H35N3O4/c1-10-27(22(29)19(15(2)3)26-23(30)31-24(7,8)9)20(21(28)25-16(4)5)18-13-11-17(6)12-14-18/h1,11-16,19-20H,2-9H3,(H,25,28)(H,26,30). The Bertz CT molecular complexity index is 817. The van der Waals surface area contributed by atoms with E-state index >= 15 is 0 Å². The summed E-state index contributed by atoms with van der Waals surface area (Å²) in [7, 11) is 0. The Labute approximate surface area is 185 Å². The van der Waals surface area contributed by atoms with Crippen molar-refractivity contribution in [2.24, 2.45) is 5.92 Å². The van der Waals surface area contributed by atoms with Gasteiger partial charge in [-0.3, -0.25) is 14.5 Å². The number of ether oxygens (including phenoxy) is 1. The molecule has 0 aromatic heterocycles. The predicted octanol–water partition coefficient (Wildman–Crippen LogP) is 3.53. The van der Waals surface area contributed by atoms with Crippen molar-refractivity contribution in [2.45, 2.75) is 79.1 Å². The predicted molar refractivity (Wildman–Crippen MR) is 121 cm³/mol. The Balaban J connectivity index is 3.31. The van der Waals surface area contributed by atoms with Gasteiger partial charge < -0.3 is 15.4 Å². The molecule has 1 rings (SSSR count). The van der Waals surface area contributed by atoms with E-state index in [0.717, 1.165) is 10.5 Å². The quantitative estimate of drug-likeness (QED) is 0.513. The average molecular weight is 430 g/mol. The highest BCUT2D eigenvalue weighted by atomic mass is 16.6. The zero-order valence-corrected chi connectivity index (χ0v) is 19.8. The summed E-state index contributed by atoms with van der Waals surface area (Å²) in [5, 5.41) is 5.43. The highest BCUT2D eigenvalue weighted by molar-refractivity contribution is 5.93. The first-order chi connectivity index (χ1) is 14.3. The molecule has 0 saturated heterocycles. The fourth-order valence-electron chi connectivity index (χ4n) is 2.89. The molecule has 0 fully saturated rings. The van der Waals surface area contributed by atoms with Gasteiger partial charge in [0.2, 0.25) is 5.91 Å². The third kappa shape index (κ3) is 7.97. The Hall–Kier alpha value is -3.01. The van der Waals surface area contributed by atoms with Crippen LogP contribution in [0.2, 0.25) is 0 Å². The molecule has 31 heavy (non-hydrogen) atoms. The van der Waals surface area contributed by atoms with Crippen LogP contribution in [0.25, 0.3) is 0 Å². The number of alkyl carbamates (subject to hydrolysis) is 1. The summed E-state index contributed by atoms with van der Waals surface area (Å²) in [5.41, 5.74) is 0.869. The van der Waals surface area contributed by atoms with E-state index in [1.54, 1.807) is 46.8 Å². The smallest absolute Gasteiger partial charge is 0.408 e. The van der Waals surface area contributed by atoms with E-state index in [-0.39, 0.29) is 12.0 Å². The number of aryl methyl sites for hydroxylation is 1. The summed E-state index contributed by atoms with van der Waals surface area (Å²) < 4.78 is 5.29. The summed E-state index contributed by atoms with van der Waals surface area (Å²) >= 11 is 0. The second-order valence-corrected chi connectivity index (χ2v) is 9.18. The third-order valence-corrected chi connectivity index (χ3v) is 4.31. The average Bonchev–Trinajstić information content (AvgIpc) is 2.62. The number of hydrogen-bond donors (Lipinski definition) is 2. The van der Waals surface area contributed by atoms with Gasteiger partial charge >= 0.3 is 6.09 Å². The molecule has 0 bridgehead atoms. The number of carbonyl (C=O) groups is 3. The largest absolute Gasteiger partial charge is 0.444 e. The maximum Gasteiger partial charge on any atom is 0.408 e. The summed E-state index contributed by atoms with van der Waals surface area (Å²) in [6.45, 7) is 14.3. The molecule has 1 aromatic rings. The van der Waals surface area contributed by atoms with Crippen molar-refractivity contribution in [3.05, 3.63) is 35.4 Å². The SMILES string of the molecule is C#CN(C(=O)C(NC(=O)OC(C)(C)C)C(C)C)C(C(=O)NC(C)C)c1ccc(C)cc1. The lowest BCUT2D eigenvalue weighted by atomic mass is 9.98. The first-order valence-electron chi connectivity index (χ1n) is 10.4. The maximum atomic E-state index is 13.4. The third-order valence-electron chi connectivity index (χ3n) is 4.31. The zero-order chi connectivity index (χ0) is 23.9. The normalized spacial score (nSPS) is 13.2. The van der Waals surface area contributed by atoms with Gasteiger partial charge in [-0.15, -0.1) is 0 Å². The van der Waals surface area contributed by atoms with Crippen LogP contribution in [-0.4, -0.2) is 40.5 Å². The van der Waals surface area contributed by atoms with Gasteiger partial charge in [-0.25, -0.2) is 4.79 Å². The van der Waals surface area contributed by atoms with Crippen LogP contribution in [0, 0.1) is 25.3 Å². The van der Waals surface area contributed by atoms with Crippen LogP contribution >= 0.6 is 0 Å². The van der Waals surface area contributed by atoms with Crippen molar-refractivity contribution >= 4 is 17.9 Å². The molecule has 7 heteroatoms. The fourth-order valence-corrected chi connectivity index (χ4v) is 2.89. The van der Waals surface area contributed by atoms with Crippen molar-refractivity contribution in [3.8, 4) is 12.5 Å². The zero-order valence-electron chi connectivity index (χ0n) is 19.8. The van der Waals surface area contributed by atoms with Crippen LogP contribution in [0.5, 0.6) is 0 Å². The molecular formula is C24H35N3O4. The number of nitrogens with one attached hydrogen (secondary N) is 2. The Kier molecular flexibility index (Phi) is 9.11. The van der Waals surface area contributed by atoms with Gasteiger partial charge in [0.05, 0.1) is 0 Å². The number of hydrogen-bond acceptors (Lipinski definition) is 4. The molecule has 1 aromatic carbocycles. The van der Waals surface area contributed by atoms with E-state index in [9.17, 15) is 14.4 Å². The number of benzene rings is 1.